The van der Waals surface area contributed by atoms with Gasteiger partial charge in [0.1, 0.15) is 0 Å². The van der Waals surface area contributed by atoms with Gasteiger partial charge in [-0.2, -0.15) is 0 Å². The van der Waals surface area contributed by atoms with Gasteiger partial charge in [0.25, 0.3) is 0 Å². The van der Waals surface area contributed by atoms with E-state index in [1.165, 1.54) is 0 Å². The zero-order chi connectivity index (χ0) is 25.6. The van der Waals surface area contributed by atoms with E-state index in [4.69, 9.17) is 5.73 Å². The van der Waals surface area contributed by atoms with Crippen molar-refractivity contribution in [2.75, 3.05) is 26.2 Å². The molecule has 11 heteroatoms. The van der Waals surface area contributed by atoms with Gasteiger partial charge in [-0.25, -0.2) is 9.59 Å². The second-order valence-corrected chi connectivity index (χ2v) is 11.5. The van der Waals surface area contributed by atoms with E-state index in [1.54, 1.807) is 0 Å². The average Bonchev–Trinajstić information content (AvgIpc) is 3.62. The number of nitrogens with two attached hydrogens (primary N) is 1. The average molecular weight is 516 g/mol. The van der Waals surface area contributed by atoms with Crippen LogP contribution in [0.5, 0.6) is 0 Å². The molecule has 0 spiro atoms. The number of carbonyl (C=O) groups excluding carboxylic acids is 2. The number of urea groups is 2. The number of nitrogens with one attached hydrogen (secondary N) is 6. The molecule has 8 N–H and O–H groups in total. The SMILES string of the molecule is NC1CCC(NC(=O)NC2CCC(C3=NCCN3)CC2)CC1NC(=O)NC1CCC(C2=NCCN2)CC1. The van der Waals surface area contributed by atoms with Crippen molar-refractivity contribution in [1.29, 1.82) is 0 Å². The van der Waals surface area contributed by atoms with Crippen LogP contribution in [-0.2, 0) is 0 Å². The first-order chi connectivity index (χ1) is 18.0. The number of nitrogens with zero attached hydrogens (tertiary/aromatic N) is 2. The number of rotatable bonds is 6. The summed E-state index contributed by atoms with van der Waals surface area (Å²) >= 11 is 0. The fourth-order valence-electron chi connectivity index (χ4n) is 6.70. The van der Waals surface area contributed by atoms with Crippen LogP contribution < -0.4 is 37.6 Å². The molecule has 3 aliphatic carbocycles. The van der Waals surface area contributed by atoms with E-state index in [2.05, 4.69) is 41.9 Å². The van der Waals surface area contributed by atoms with Gasteiger partial charge in [-0.1, -0.05) is 0 Å². The Balaban J connectivity index is 1.00. The second-order valence-electron chi connectivity index (χ2n) is 11.5. The molecule has 0 saturated heterocycles. The lowest BCUT2D eigenvalue weighted by atomic mass is 9.85. The summed E-state index contributed by atoms with van der Waals surface area (Å²) in [6.45, 7) is 3.66. The van der Waals surface area contributed by atoms with Gasteiger partial charge < -0.3 is 37.6 Å². The van der Waals surface area contributed by atoms with E-state index in [-0.39, 0.29) is 42.3 Å². The summed E-state index contributed by atoms with van der Waals surface area (Å²) in [7, 11) is 0. The molecular formula is C26H45N9O2. The first-order valence-corrected chi connectivity index (χ1v) is 14.5. The van der Waals surface area contributed by atoms with E-state index in [9.17, 15) is 9.59 Å². The Labute approximate surface area is 220 Å². The number of carbonyl (C=O) groups is 2. The number of hydrogen-bond donors (Lipinski definition) is 7. The number of amidine groups is 2. The summed E-state index contributed by atoms with van der Waals surface area (Å²) < 4.78 is 0. The van der Waals surface area contributed by atoms with E-state index < -0.39 is 0 Å². The third kappa shape index (κ3) is 7.06. The molecule has 3 atom stereocenters. The third-order valence-corrected chi connectivity index (χ3v) is 8.85. The van der Waals surface area contributed by atoms with Crippen LogP contribution in [0.4, 0.5) is 9.59 Å². The Bertz CT molecular complexity index is 862. The van der Waals surface area contributed by atoms with Gasteiger partial charge in [-0.05, 0) is 70.6 Å². The number of amides is 4. The van der Waals surface area contributed by atoms with Gasteiger partial charge in [-0.15, -0.1) is 0 Å². The van der Waals surface area contributed by atoms with Crippen molar-refractivity contribution >= 4 is 23.7 Å². The quantitative estimate of drug-likeness (QED) is 0.280. The molecule has 206 valence electrons. The van der Waals surface area contributed by atoms with Crippen molar-refractivity contribution in [2.45, 2.75) is 101 Å². The molecule has 3 fully saturated rings. The Kier molecular flexibility index (Phi) is 8.68. The predicted molar refractivity (Wildman–Crippen MR) is 145 cm³/mol. The molecule has 0 radical (unpaired) electrons. The van der Waals surface area contributed by atoms with Crippen LogP contribution in [0.25, 0.3) is 0 Å². The summed E-state index contributed by atoms with van der Waals surface area (Å²) in [5.74, 6) is 3.33. The Morgan fingerprint density at radius 3 is 1.59 bits per heavy atom. The minimum atomic E-state index is -0.150. The predicted octanol–water partition coefficient (Wildman–Crippen LogP) is 0.954. The lowest BCUT2D eigenvalue weighted by Gasteiger charge is -2.36. The van der Waals surface area contributed by atoms with Crippen molar-refractivity contribution in [1.82, 2.24) is 31.9 Å². The van der Waals surface area contributed by atoms with Crippen molar-refractivity contribution in [2.24, 2.45) is 27.6 Å². The van der Waals surface area contributed by atoms with E-state index >= 15 is 0 Å². The minimum absolute atomic E-state index is 0.00797. The maximum Gasteiger partial charge on any atom is 0.315 e. The van der Waals surface area contributed by atoms with Crippen molar-refractivity contribution in [3.8, 4) is 0 Å². The lowest BCUT2D eigenvalue weighted by Crippen LogP contribution is -2.58. The highest BCUT2D eigenvalue weighted by molar-refractivity contribution is 5.86. The molecule has 0 bridgehead atoms. The summed E-state index contributed by atoms with van der Waals surface area (Å²) in [4.78, 5) is 34.6. The van der Waals surface area contributed by atoms with Gasteiger partial charge in [0.05, 0.1) is 24.8 Å². The zero-order valence-electron chi connectivity index (χ0n) is 21.9. The number of aliphatic imine (C=N–C) groups is 2. The van der Waals surface area contributed by atoms with Gasteiger partial charge >= 0.3 is 12.1 Å². The van der Waals surface area contributed by atoms with Crippen molar-refractivity contribution < 1.29 is 9.59 Å². The Morgan fingerprint density at radius 2 is 1.11 bits per heavy atom. The van der Waals surface area contributed by atoms with Crippen LogP contribution in [0.15, 0.2) is 9.98 Å². The summed E-state index contributed by atoms with van der Waals surface area (Å²) in [5.41, 5.74) is 6.35. The van der Waals surface area contributed by atoms with Crippen LogP contribution in [0, 0.1) is 11.8 Å². The lowest BCUT2D eigenvalue weighted by molar-refractivity contribution is 0.207. The van der Waals surface area contributed by atoms with Crippen LogP contribution in [0.3, 0.4) is 0 Å². The number of hydrogen-bond acceptors (Lipinski definition) is 7. The summed E-state index contributed by atoms with van der Waals surface area (Å²) in [6, 6.07) is -0.113. The molecule has 11 nitrogen and oxygen atoms in total. The molecule has 4 amide bonds. The molecule has 5 rings (SSSR count). The van der Waals surface area contributed by atoms with E-state index in [0.717, 1.165) is 102 Å². The summed E-state index contributed by atoms with van der Waals surface area (Å²) in [6.07, 6.45) is 10.4. The van der Waals surface area contributed by atoms with Crippen molar-refractivity contribution in [3.05, 3.63) is 0 Å². The maximum absolute atomic E-state index is 12.7. The van der Waals surface area contributed by atoms with E-state index in [0.29, 0.717) is 18.3 Å². The molecular weight excluding hydrogens is 470 g/mol. The summed E-state index contributed by atoms with van der Waals surface area (Å²) in [5, 5.41) is 19.3. The molecule has 3 unspecified atom stereocenters. The standard InChI is InChI=1S/C26H45N9O2/c27-21-10-9-20(34-25(36)32-18-5-1-16(2-6-18)23-28-11-12-29-23)15-22(21)35-26(37)33-19-7-3-17(4-8-19)24-30-13-14-31-24/h16-22H,1-15,27H2,(H,28,29)(H,30,31)(H2,32,34,36)(H2,33,35,37). The highest BCUT2D eigenvalue weighted by Gasteiger charge is 2.33. The van der Waals surface area contributed by atoms with Gasteiger partial charge in [0.2, 0.25) is 0 Å². The monoisotopic (exact) mass is 515 g/mol. The molecule has 0 aromatic heterocycles. The first kappa shape index (κ1) is 26.1. The molecule has 0 aromatic rings. The third-order valence-electron chi connectivity index (χ3n) is 8.85. The van der Waals surface area contributed by atoms with Crippen LogP contribution in [0.2, 0.25) is 0 Å². The molecule has 2 aliphatic heterocycles. The van der Waals surface area contributed by atoms with Crippen molar-refractivity contribution in [3.63, 3.8) is 0 Å². The van der Waals surface area contributed by atoms with Gasteiger partial charge in [0, 0.05) is 55.1 Å². The molecule has 3 saturated carbocycles. The van der Waals surface area contributed by atoms with Crippen LogP contribution >= 0.6 is 0 Å². The first-order valence-electron chi connectivity index (χ1n) is 14.5. The molecule has 0 aromatic carbocycles. The van der Waals surface area contributed by atoms with Gasteiger partial charge in [-0.3, -0.25) is 9.98 Å². The minimum Gasteiger partial charge on any atom is -0.372 e. The highest BCUT2D eigenvalue weighted by atomic mass is 16.2. The van der Waals surface area contributed by atoms with Crippen LogP contribution in [-0.4, -0.2) is 80.1 Å². The topological polar surface area (TPSA) is 157 Å². The van der Waals surface area contributed by atoms with E-state index in [1.807, 2.05) is 0 Å². The van der Waals surface area contributed by atoms with Crippen LogP contribution in [0.1, 0.15) is 70.6 Å². The highest BCUT2D eigenvalue weighted by Crippen LogP contribution is 2.27. The largest absolute Gasteiger partial charge is 0.372 e. The smallest absolute Gasteiger partial charge is 0.315 e. The Morgan fingerprint density at radius 1 is 0.649 bits per heavy atom. The fourth-order valence-corrected chi connectivity index (χ4v) is 6.70. The fraction of sp³-hybridized carbons (Fsp3) is 0.846. The second kappa shape index (κ2) is 12.3. The molecule has 37 heavy (non-hydrogen) atoms. The molecule has 2 heterocycles. The Hall–Kier alpha value is -2.56. The maximum atomic E-state index is 12.7. The molecule has 5 aliphatic rings. The normalized spacial score (nSPS) is 35.9. The van der Waals surface area contributed by atoms with Gasteiger partial charge in [0.15, 0.2) is 0 Å². The zero-order valence-corrected chi connectivity index (χ0v) is 21.9.